The zero-order valence-corrected chi connectivity index (χ0v) is 23.8. The van der Waals surface area contributed by atoms with Crippen molar-refractivity contribution in [2.45, 2.75) is 13.3 Å². The number of nitrogens with zero attached hydrogens (tertiary/aromatic N) is 1. The van der Waals surface area contributed by atoms with Crippen LogP contribution in [-0.2, 0) is 20.8 Å². The van der Waals surface area contributed by atoms with E-state index < -0.39 is 11.8 Å². The maximum atomic E-state index is 12.3. The Labute approximate surface area is 242 Å². The van der Waals surface area contributed by atoms with Gasteiger partial charge >= 0.3 is 11.8 Å². The number of hydrogen-bond acceptors (Lipinski definition) is 8. The summed E-state index contributed by atoms with van der Waals surface area (Å²) in [5.74, 6) is -0.563. The summed E-state index contributed by atoms with van der Waals surface area (Å²) in [5.41, 5.74) is 5.23. The number of benzene rings is 3. The van der Waals surface area contributed by atoms with E-state index in [-0.39, 0.29) is 35.6 Å². The number of halogens is 1. The van der Waals surface area contributed by atoms with Gasteiger partial charge in [-0.15, -0.1) is 0 Å². The van der Waals surface area contributed by atoms with Gasteiger partial charge in [0.2, 0.25) is 0 Å². The van der Waals surface area contributed by atoms with Crippen molar-refractivity contribution in [3.05, 3.63) is 76.3 Å². The minimum atomic E-state index is -0.939. The number of methoxy groups -OCH3 is 3. The molecule has 0 aliphatic heterocycles. The van der Waals surface area contributed by atoms with Crippen LogP contribution in [0.3, 0.4) is 0 Å². The molecule has 3 rings (SSSR count). The quantitative estimate of drug-likeness (QED) is 0.169. The van der Waals surface area contributed by atoms with Gasteiger partial charge in [0.05, 0.1) is 32.6 Å². The van der Waals surface area contributed by atoms with Gasteiger partial charge in [-0.05, 0) is 60.9 Å². The Morgan fingerprint density at radius 3 is 2.27 bits per heavy atom. The fraction of sp³-hybridized carbons (Fsp3) is 0.241. The topological polar surface area (TPSA) is 137 Å². The molecule has 0 saturated heterocycles. The number of nitrogens with one attached hydrogen (secondary N) is 3. The van der Waals surface area contributed by atoms with Gasteiger partial charge in [0.15, 0.2) is 29.6 Å². The molecule has 0 aromatic heterocycles. The van der Waals surface area contributed by atoms with Crippen LogP contribution in [0.25, 0.3) is 0 Å². The van der Waals surface area contributed by atoms with Crippen LogP contribution >= 0.6 is 11.6 Å². The SMILES string of the molecule is COc1ccc(CCNC(=O)C(=O)N/N=C\c2cc(Cl)c(OCC(=O)Nc3ccc(C)cc3)c(OC)c2)cc1OC. The van der Waals surface area contributed by atoms with Crippen LogP contribution in [0.15, 0.2) is 59.7 Å². The molecule has 0 bridgehead atoms. The first-order valence-electron chi connectivity index (χ1n) is 12.4. The van der Waals surface area contributed by atoms with E-state index in [4.69, 9.17) is 30.5 Å². The highest BCUT2D eigenvalue weighted by atomic mass is 35.5. The second kappa shape index (κ2) is 15.1. The number of rotatable bonds is 12. The molecule has 0 heterocycles. The van der Waals surface area contributed by atoms with Crippen LogP contribution in [-0.4, -0.2) is 58.4 Å². The van der Waals surface area contributed by atoms with Crippen LogP contribution in [0, 0.1) is 6.92 Å². The summed E-state index contributed by atoms with van der Waals surface area (Å²) in [7, 11) is 4.50. The van der Waals surface area contributed by atoms with Gasteiger partial charge in [-0.1, -0.05) is 35.4 Å². The number of carbonyl (C=O) groups is 3. The minimum absolute atomic E-state index is 0.160. The fourth-order valence-corrected chi connectivity index (χ4v) is 3.85. The lowest BCUT2D eigenvalue weighted by molar-refractivity contribution is -0.139. The molecular weight excluding hydrogens is 552 g/mol. The first-order chi connectivity index (χ1) is 19.7. The van der Waals surface area contributed by atoms with E-state index in [1.165, 1.54) is 26.5 Å². The standard InChI is InChI=1S/C29H31ClN4O7/c1-18-5-8-21(9-6-18)33-26(35)17-41-27-22(30)13-20(15-25(27)40-4)16-32-34-29(37)28(36)31-12-11-19-7-10-23(38-2)24(14-19)39-3/h5-10,13-16H,11-12,17H2,1-4H3,(H,31,36)(H,33,35)(H,34,37)/b32-16-. The van der Waals surface area contributed by atoms with Gasteiger partial charge < -0.3 is 29.6 Å². The van der Waals surface area contributed by atoms with E-state index in [0.29, 0.717) is 29.2 Å². The van der Waals surface area contributed by atoms with Gasteiger partial charge in [0.25, 0.3) is 5.91 Å². The van der Waals surface area contributed by atoms with E-state index in [1.54, 1.807) is 37.4 Å². The summed E-state index contributed by atoms with van der Waals surface area (Å²) in [6.07, 6.45) is 1.76. The van der Waals surface area contributed by atoms with Crippen LogP contribution in [0.2, 0.25) is 5.02 Å². The number of carbonyl (C=O) groups excluding carboxylic acids is 3. The molecule has 3 amide bonds. The summed E-state index contributed by atoms with van der Waals surface area (Å²) in [5, 5.41) is 9.24. The van der Waals surface area contributed by atoms with Crippen LogP contribution < -0.4 is 35.0 Å². The Balaban J connectivity index is 1.49. The van der Waals surface area contributed by atoms with E-state index in [9.17, 15) is 14.4 Å². The molecule has 0 radical (unpaired) electrons. The van der Waals surface area contributed by atoms with Crippen molar-refractivity contribution in [2.75, 3.05) is 39.8 Å². The predicted molar refractivity (Wildman–Crippen MR) is 155 cm³/mol. The average molecular weight is 583 g/mol. The molecule has 3 aromatic rings. The number of hydrazone groups is 1. The Morgan fingerprint density at radius 2 is 1.59 bits per heavy atom. The van der Waals surface area contributed by atoms with Crippen molar-refractivity contribution < 1.29 is 33.3 Å². The molecule has 0 aliphatic rings. The summed E-state index contributed by atoms with van der Waals surface area (Å²) in [4.78, 5) is 36.5. The highest BCUT2D eigenvalue weighted by Crippen LogP contribution is 2.36. The average Bonchev–Trinajstić information content (AvgIpc) is 2.97. The van der Waals surface area contributed by atoms with Gasteiger partial charge in [-0.2, -0.15) is 5.10 Å². The Hall–Kier alpha value is -4.77. The minimum Gasteiger partial charge on any atom is -0.493 e. The molecule has 3 N–H and O–H groups in total. The summed E-state index contributed by atoms with van der Waals surface area (Å²) >= 11 is 6.35. The predicted octanol–water partition coefficient (Wildman–Crippen LogP) is 3.50. The highest BCUT2D eigenvalue weighted by Gasteiger charge is 2.15. The lowest BCUT2D eigenvalue weighted by atomic mass is 10.1. The molecule has 11 nitrogen and oxygen atoms in total. The largest absolute Gasteiger partial charge is 0.493 e. The van der Waals surface area contributed by atoms with Crippen molar-refractivity contribution in [3.8, 4) is 23.0 Å². The first-order valence-corrected chi connectivity index (χ1v) is 12.8. The van der Waals surface area contributed by atoms with Crippen LogP contribution in [0.5, 0.6) is 23.0 Å². The number of aryl methyl sites for hydroxylation is 1. The Kier molecular flexibility index (Phi) is 11.4. The smallest absolute Gasteiger partial charge is 0.329 e. The summed E-state index contributed by atoms with van der Waals surface area (Å²) in [6, 6.07) is 15.8. The first kappa shape index (κ1) is 30.8. The van der Waals surface area contributed by atoms with Crippen LogP contribution in [0.4, 0.5) is 5.69 Å². The van der Waals surface area contributed by atoms with Crippen molar-refractivity contribution in [2.24, 2.45) is 5.10 Å². The normalized spacial score (nSPS) is 10.6. The third-order valence-corrected chi connectivity index (χ3v) is 5.95. The van der Waals surface area contributed by atoms with Gasteiger partial charge in [-0.25, -0.2) is 5.43 Å². The van der Waals surface area contributed by atoms with Crippen molar-refractivity contribution in [1.29, 1.82) is 0 Å². The molecule has 0 atom stereocenters. The van der Waals surface area contributed by atoms with Crippen molar-refractivity contribution in [3.63, 3.8) is 0 Å². The van der Waals surface area contributed by atoms with Gasteiger partial charge in [0, 0.05) is 12.2 Å². The molecule has 0 spiro atoms. The molecule has 12 heteroatoms. The monoisotopic (exact) mass is 582 g/mol. The summed E-state index contributed by atoms with van der Waals surface area (Å²) in [6.45, 7) is 1.88. The molecular formula is C29H31ClN4O7. The van der Waals surface area contributed by atoms with E-state index in [0.717, 1.165) is 11.1 Å². The number of ether oxygens (including phenoxy) is 4. The third kappa shape index (κ3) is 9.14. The molecule has 216 valence electrons. The molecule has 0 unspecified atom stereocenters. The number of anilines is 1. The molecule has 0 aliphatic carbocycles. The third-order valence-electron chi connectivity index (χ3n) is 5.67. The van der Waals surface area contributed by atoms with E-state index in [2.05, 4.69) is 21.2 Å². The molecule has 41 heavy (non-hydrogen) atoms. The zero-order valence-electron chi connectivity index (χ0n) is 23.1. The summed E-state index contributed by atoms with van der Waals surface area (Å²) < 4.78 is 21.4. The highest BCUT2D eigenvalue weighted by molar-refractivity contribution is 6.35. The lowest BCUT2D eigenvalue weighted by Gasteiger charge is -2.13. The zero-order chi connectivity index (χ0) is 29.8. The van der Waals surface area contributed by atoms with Gasteiger partial charge in [-0.3, -0.25) is 14.4 Å². The lowest BCUT2D eigenvalue weighted by Crippen LogP contribution is -2.38. The number of hydrogen-bond donors (Lipinski definition) is 3. The Bertz CT molecular complexity index is 1410. The fourth-order valence-electron chi connectivity index (χ4n) is 3.58. The van der Waals surface area contributed by atoms with Crippen molar-refractivity contribution in [1.82, 2.24) is 10.7 Å². The Morgan fingerprint density at radius 1 is 0.878 bits per heavy atom. The van der Waals surface area contributed by atoms with Crippen LogP contribution in [0.1, 0.15) is 16.7 Å². The second-order valence-electron chi connectivity index (χ2n) is 8.63. The molecule has 0 fully saturated rings. The van der Waals surface area contributed by atoms with Gasteiger partial charge in [0.1, 0.15) is 0 Å². The maximum Gasteiger partial charge on any atom is 0.329 e. The van der Waals surface area contributed by atoms with E-state index in [1.807, 2.05) is 25.1 Å². The van der Waals surface area contributed by atoms with E-state index >= 15 is 0 Å². The number of amides is 3. The van der Waals surface area contributed by atoms with Crippen molar-refractivity contribution >= 4 is 41.2 Å². The molecule has 0 saturated carbocycles. The molecule has 3 aromatic carbocycles. The maximum absolute atomic E-state index is 12.3. The second-order valence-corrected chi connectivity index (χ2v) is 9.04.